The molecule has 3 nitrogen and oxygen atoms in total. The van der Waals surface area contributed by atoms with E-state index in [1.54, 1.807) is 0 Å². The summed E-state index contributed by atoms with van der Waals surface area (Å²) < 4.78 is 5.41. The number of aliphatic imine (C=N–C) groups is 1. The SMILES string of the molecule is CC1CC2COCCC2N=C1N.Cl. The minimum Gasteiger partial charge on any atom is -0.387 e. The van der Waals surface area contributed by atoms with E-state index in [0.29, 0.717) is 17.9 Å². The maximum Gasteiger partial charge on any atom is 0.0969 e. The molecular weight excluding hydrogens is 188 g/mol. The van der Waals surface area contributed by atoms with Gasteiger partial charge in [-0.15, -0.1) is 12.4 Å². The van der Waals surface area contributed by atoms with Gasteiger partial charge >= 0.3 is 0 Å². The molecule has 0 aromatic heterocycles. The summed E-state index contributed by atoms with van der Waals surface area (Å²) in [5.41, 5.74) is 5.79. The van der Waals surface area contributed by atoms with Gasteiger partial charge in [0.1, 0.15) is 0 Å². The molecule has 3 atom stereocenters. The third-order valence-corrected chi connectivity index (χ3v) is 2.91. The summed E-state index contributed by atoms with van der Waals surface area (Å²) in [7, 11) is 0. The van der Waals surface area contributed by atoms with E-state index in [-0.39, 0.29) is 12.4 Å². The van der Waals surface area contributed by atoms with Gasteiger partial charge in [-0.2, -0.15) is 0 Å². The topological polar surface area (TPSA) is 47.6 Å². The maximum absolute atomic E-state index is 5.79. The minimum absolute atomic E-state index is 0. The van der Waals surface area contributed by atoms with E-state index in [2.05, 4.69) is 11.9 Å². The molecule has 0 bridgehead atoms. The third-order valence-electron chi connectivity index (χ3n) is 2.91. The highest BCUT2D eigenvalue weighted by Crippen LogP contribution is 2.28. The number of hydrogen-bond acceptors (Lipinski definition) is 3. The van der Waals surface area contributed by atoms with Gasteiger partial charge in [0.05, 0.1) is 18.5 Å². The molecule has 4 heteroatoms. The zero-order chi connectivity index (χ0) is 8.55. The second-order valence-corrected chi connectivity index (χ2v) is 3.88. The quantitative estimate of drug-likeness (QED) is 0.645. The first-order valence-electron chi connectivity index (χ1n) is 4.68. The van der Waals surface area contributed by atoms with Crippen LogP contribution in [-0.2, 0) is 4.74 Å². The van der Waals surface area contributed by atoms with Crippen molar-refractivity contribution in [2.24, 2.45) is 22.6 Å². The van der Waals surface area contributed by atoms with Crippen molar-refractivity contribution >= 4 is 18.2 Å². The van der Waals surface area contributed by atoms with Crippen LogP contribution in [0.4, 0.5) is 0 Å². The molecule has 0 saturated carbocycles. The van der Waals surface area contributed by atoms with Gasteiger partial charge in [0.15, 0.2) is 0 Å². The summed E-state index contributed by atoms with van der Waals surface area (Å²) in [5, 5.41) is 0. The molecule has 0 amide bonds. The van der Waals surface area contributed by atoms with Crippen molar-refractivity contribution in [1.29, 1.82) is 0 Å². The highest BCUT2D eigenvalue weighted by Gasteiger charge is 2.31. The van der Waals surface area contributed by atoms with Crippen LogP contribution >= 0.6 is 12.4 Å². The second kappa shape index (κ2) is 4.29. The largest absolute Gasteiger partial charge is 0.387 e. The zero-order valence-corrected chi connectivity index (χ0v) is 8.72. The van der Waals surface area contributed by atoms with Gasteiger partial charge in [-0.05, 0) is 12.8 Å². The van der Waals surface area contributed by atoms with E-state index in [4.69, 9.17) is 10.5 Å². The number of amidine groups is 1. The number of hydrogen-bond donors (Lipinski definition) is 1. The Morgan fingerprint density at radius 1 is 1.54 bits per heavy atom. The van der Waals surface area contributed by atoms with Crippen molar-refractivity contribution in [2.75, 3.05) is 13.2 Å². The van der Waals surface area contributed by atoms with Crippen LogP contribution in [0, 0.1) is 11.8 Å². The van der Waals surface area contributed by atoms with Crippen LogP contribution in [0.25, 0.3) is 0 Å². The van der Waals surface area contributed by atoms with Gasteiger partial charge in [0.2, 0.25) is 0 Å². The van der Waals surface area contributed by atoms with Crippen LogP contribution < -0.4 is 5.73 Å². The summed E-state index contributed by atoms with van der Waals surface area (Å²) in [6.07, 6.45) is 2.21. The smallest absolute Gasteiger partial charge is 0.0969 e. The lowest BCUT2D eigenvalue weighted by atomic mass is 9.84. The summed E-state index contributed by atoms with van der Waals surface area (Å²) in [6.45, 7) is 3.88. The van der Waals surface area contributed by atoms with Crippen LogP contribution in [0.5, 0.6) is 0 Å². The van der Waals surface area contributed by atoms with Crippen molar-refractivity contribution in [2.45, 2.75) is 25.8 Å². The van der Waals surface area contributed by atoms with E-state index < -0.39 is 0 Å². The van der Waals surface area contributed by atoms with E-state index in [0.717, 1.165) is 31.9 Å². The van der Waals surface area contributed by atoms with E-state index in [1.807, 2.05) is 0 Å². The first-order valence-corrected chi connectivity index (χ1v) is 4.68. The molecule has 13 heavy (non-hydrogen) atoms. The first kappa shape index (κ1) is 10.8. The fourth-order valence-electron chi connectivity index (χ4n) is 2.07. The number of fused-ring (bicyclic) bond motifs is 1. The molecule has 3 unspecified atom stereocenters. The fourth-order valence-corrected chi connectivity index (χ4v) is 2.07. The van der Waals surface area contributed by atoms with E-state index >= 15 is 0 Å². The van der Waals surface area contributed by atoms with Crippen molar-refractivity contribution in [3.8, 4) is 0 Å². The Labute approximate surface area is 85.1 Å². The zero-order valence-electron chi connectivity index (χ0n) is 7.90. The maximum atomic E-state index is 5.79. The fraction of sp³-hybridized carbons (Fsp3) is 0.889. The van der Waals surface area contributed by atoms with Gasteiger partial charge in [-0.1, -0.05) is 6.92 Å². The minimum atomic E-state index is 0. The van der Waals surface area contributed by atoms with Crippen LogP contribution in [0.15, 0.2) is 4.99 Å². The van der Waals surface area contributed by atoms with Gasteiger partial charge in [0, 0.05) is 18.4 Å². The molecular formula is C9H17ClN2O. The highest BCUT2D eigenvalue weighted by atomic mass is 35.5. The predicted octanol–water partition coefficient (Wildman–Crippen LogP) is 1.21. The number of halogens is 1. The molecule has 1 fully saturated rings. The molecule has 2 aliphatic rings. The van der Waals surface area contributed by atoms with Crippen molar-refractivity contribution in [3.05, 3.63) is 0 Å². The Morgan fingerprint density at radius 3 is 3.08 bits per heavy atom. The van der Waals surface area contributed by atoms with Gasteiger partial charge in [0.25, 0.3) is 0 Å². The molecule has 2 N–H and O–H groups in total. The Kier molecular flexibility index (Phi) is 3.56. The highest BCUT2D eigenvalue weighted by molar-refractivity contribution is 5.85. The molecule has 2 aliphatic heterocycles. The second-order valence-electron chi connectivity index (χ2n) is 3.88. The predicted molar refractivity (Wildman–Crippen MR) is 55.4 cm³/mol. The molecule has 0 aromatic carbocycles. The summed E-state index contributed by atoms with van der Waals surface area (Å²) in [6, 6.07) is 0.454. The van der Waals surface area contributed by atoms with E-state index in [9.17, 15) is 0 Å². The molecule has 0 spiro atoms. The average Bonchev–Trinajstić information content (AvgIpc) is 2.07. The van der Waals surface area contributed by atoms with Gasteiger partial charge in [-0.3, -0.25) is 4.99 Å². The number of rotatable bonds is 0. The van der Waals surface area contributed by atoms with Gasteiger partial charge < -0.3 is 10.5 Å². The van der Waals surface area contributed by atoms with Crippen LogP contribution in [-0.4, -0.2) is 25.1 Å². The molecule has 2 rings (SSSR count). The van der Waals surface area contributed by atoms with E-state index in [1.165, 1.54) is 0 Å². The first-order chi connectivity index (χ1) is 5.77. The Morgan fingerprint density at radius 2 is 2.31 bits per heavy atom. The lowest BCUT2D eigenvalue weighted by molar-refractivity contribution is 0.0331. The number of ether oxygens (including phenoxy) is 1. The number of nitrogens with two attached hydrogens (primary N) is 1. The molecule has 0 radical (unpaired) electrons. The van der Waals surface area contributed by atoms with Crippen LogP contribution in [0.3, 0.4) is 0 Å². The molecule has 76 valence electrons. The summed E-state index contributed by atoms with van der Waals surface area (Å²) in [5.74, 6) is 1.92. The average molecular weight is 205 g/mol. The summed E-state index contributed by atoms with van der Waals surface area (Å²) in [4.78, 5) is 4.50. The van der Waals surface area contributed by atoms with Crippen LogP contribution in [0.2, 0.25) is 0 Å². The number of nitrogens with zero attached hydrogens (tertiary/aromatic N) is 1. The Hall–Kier alpha value is -0.280. The van der Waals surface area contributed by atoms with Gasteiger partial charge in [-0.25, -0.2) is 0 Å². The summed E-state index contributed by atoms with van der Waals surface area (Å²) >= 11 is 0. The van der Waals surface area contributed by atoms with Crippen LogP contribution in [0.1, 0.15) is 19.8 Å². The normalized spacial score (nSPS) is 38.5. The van der Waals surface area contributed by atoms with Crippen molar-refractivity contribution in [3.63, 3.8) is 0 Å². The molecule has 0 aromatic rings. The molecule has 0 aliphatic carbocycles. The standard InChI is InChI=1S/C9H16N2O.ClH/c1-6-4-7-5-12-3-2-8(7)11-9(6)10;/h6-8H,2-5H2,1H3,(H2,10,11);1H. The molecule has 1 saturated heterocycles. The molecule has 2 heterocycles. The van der Waals surface area contributed by atoms with Crippen molar-refractivity contribution in [1.82, 2.24) is 0 Å². The Balaban J connectivity index is 0.000000845. The van der Waals surface area contributed by atoms with Crippen molar-refractivity contribution < 1.29 is 4.74 Å². The lowest BCUT2D eigenvalue weighted by Crippen LogP contribution is -2.40. The lowest BCUT2D eigenvalue weighted by Gasteiger charge is -2.34. The third kappa shape index (κ3) is 2.15. The monoisotopic (exact) mass is 204 g/mol. The Bertz CT molecular complexity index is 208.